The number of carbonyl (C=O) groups is 2. The van der Waals surface area contributed by atoms with Gasteiger partial charge in [-0.1, -0.05) is 11.2 Å². The number of nitrogens with zero attached hydrogens (tertiary/aromatic N) is 2. The Morgan fingerprint density at radius 3 is 2.43 bits per heavy atom. The van der Waals surface area contributed by atoms with Crippen LogP contribution >= 0.6 is 0 Å². The molecule has 1 aliphatic carbocycles. The molecule has 0 aromatic heterocycles. The van der Waals surface area contributed by atoms with Gasteiger partial charge in [-0.2, -0.15) is 0 Å². The second-order valence-corrected chi connectivity index (χ2v) is 12.0. The van der Waals surface area contributed by atoms with Gasteiger partial charge in [0.25, 0.3) is 0 Å². The first-order chi connectivity index (χ1) is 20.7. The van der Waals surface area contributed by atoms with Crippen molar-refractivity contribution in [1.82, 2.24) is 0 Å². The summed E-state index contributed by atoms with van der Waals surface area (Å²) in [5, 5.41) is 16.8. The zero-order valence-electron chi connectivity index (χ0n) is 25.0. The molecule has 13 heteroatoms. The van der Waals surface area contributed by atoms with Crippen molar-refractivity contribution in [3.8, 4) is 11.5 Å². The summed E-state index contributed by atoms with van der Waals surface area (Å²) in [6.07, 6.45) is -1.94. The van der Waals surface area contributed by atoms with Crippen molar-refractivity contribution in [2.45, 2.75) is 69.9 Å². The molecule has 2 aromatic carbocycles. The molecule has 44 heavy (non-hydrogen) atoms. The number of aliphatic carboxylic acids is 1. The summed E-state index contributed by atoms with van der Waals surface area (Å²) >= 11 is 0. The highest BCUT2D eigenvalue weighted by molar-refractivity contribution is 6.03. The first kappa shape index (κ1) is 31.4. The number of carboxylic acid groups (broad SMARTS) is 1. The summed E-state index contributed by atoms with van der Waals surface area (Å²) in [7, 11) is 1.50. The smallest absolute Gasteiger partial charge is 0.497 e. The van der Waals surface area contributed by atoms with Crippen LogP contribution in [0, 0.1) is 5.92 Å². The summed E-state index contributed by atoms with van der Waals surface area (Å²) in [4.78, 5) is 32.7. The second-order valence-electron chi connectivity index (χ2n) is 12.0. The first-order valence-corrected chi connectivity index (χ1v) is 14.4. The highest BCUT2D eigenvalue weighted by atomic mass is 19.4. The van der Waals surface area contributed by atoms with E-state index < -0.39 is 24.0 Å². The number of carboxylic acids is 1. The van der Waals surface area contributed by atoms with Crippen LogP contribution in [0.25, 0.3) is 0 Å². The minimum atomic E-state index is -4.86. The number of rotatable bonds is 10. The standard InChI is InChI=1S/C31H36F3N3O7/c1-18(36-44-29(2,3)28(39)40)20-13-21(15-23(14-20)41-4)35-26(19-7-11-42-12-8-19)27(38)37-17-30(9-10-30)24-6-5-22(16-25(24)37)43-31(32,33)34/h5-6,13-16,19,26,35H,7-12,17H2,1-4H3,(H,39,40). The molecule has 2 fully saturated rings. The van der Waals surface area contributed by atoms with Crippen LogP contribution in [0.1, 0.15) is 57.6 Å². The molecule has 238 valence electrons. The number of halogens is 3. The van der Waals surface area contributed by atoms with Crippen LogP contribution in [0.3, 0.4) is 0 Å². The Balaban J connectivity index is 1.47. The monoisotopic (exact) mass is 619 g/mol. The van der Waals surface area contributed by atoms with Crippen LogP contribution in [-0.4, -0.2) is 67.6 Å². The van der Waals surface area contributed by atoms with Crippen molar-refractivity contribution in [2.75, 3.05) is 37.1 Å². The van der Waals surface area contributed by atoms with Gasteiger partial charge in [0.05, 0.1) is 18.5 Å². The van der Waals surface area contributed by atoms with Gasteiger partial charge >= 0.3 is 12.3 Å². The van der Waals surface area contributed by atoms with Gasteiger partial charge in [0.15, 0.2) is 0 Å². The van der Waals surface area contributed by atoms with E-state index in [4.69, 9.17) is 14.3 Å². The van der Waals surface area contributed by atoms with Gasteiger partial charge in [-0.05, 0) is 76.1 Å². The van der Waals surface area contributed by atoms with E-state index in [9.17, 15) is 27.9 Å². The third kappa shape index (κ3) is 6.72. The lowest BCUT2D eigenvalue weighted by Gasteiger charge is -2.34. The number of nitrogens with one attached hydrogen (secondary N) is 1. The normalized spacial score (nSPS) is 18.9. The number of hydrogen-bond donors (Lipinski definition) is 2. The molecule has 2 N–H and O–H groups in total. The minimum Gasteiger partial charge on any atom is -0.497 e. The van der Waals surface area contributed by atoms with Crippen molar-refractivity contribution in [2.24, 2.45) is 11.1 Å². The summed E-state index contributed by atoms with van der Waals surface area (Å²) in [5.41, 5.74) is 0.984. The average Bonchev–Trinajstić information content (AvgIpc) is 3.69. The van der Waals surface area contributed by atoms with E-state index >= 15 is 0 Å². The molecular weight excluding hydrogens is 583 g/mol. The average molecular weight is 620 g/mol. The zero-order valence-corrected chi connectivity index (χ0v) is 25.0. The van der Waals surface area contributed by atoms with Crippen molar-refractivity contribution in [3.63, 3.8) is 0 Å². The SMILES string of the molecule is COc1cc(NC(C(=O)N2CC3(CC3)c3ccc(OC(F)(F)F)cc32)C2CCOCC2)cc(C(C)=NOC(C)(C)C(=O)O)c1. The van der Waals surface area contributed by atoms with Gasteiger partial charge in [-0.25, -0.2) is 4.79 Å². The molecule has 1 saturated carbocycles. The number of methoxy groups -OCH3 is 1. The van der Waals surface area contributed by atoms with Gasteiger partial charge in [-0.3, -0.25) is 4.79 Å². The topological polar surface area (TPSA) is 119 Å². The number of oxime groups is 1. The maximum atomic E-state index is 14.4. The Morgan fingerprint density at radius 2 is 1.82 bits per heavy atom. The van der Waals surface area contributed by atoms with Crippen molar-refractivity contribution < 1.29 is 46.9 Å². The number of amides is 1. The van der Waals surface area contributed by atoms with E-state index in [2.05, 4.69) is 15.2 Å². The van der Waals surface area contributed by atoms with Crippen molar-refractivity contribution in [1.29, 1.82) is 0 Å². The van der Waals surface area contributed by atoms with Gasteiger partial charge in [0.2, 0.25) is 11.5 Å². The summed E-state index contributed by atoms with van der Waals surface area (Å²) in [5.74, 6) is -1.45. The predicted molar refractivity (Wildman–Crippen MR) is 155 cm³/mol. The Morgan fingerprint density at radius 1 is 1.11 bits per heavy atom. The van der Waals surface area contributed by atoms with E-state index in [1.165, 1.54) is 33.1 Å². The molecule has 1 amide bonds. The fourth-order valence-electron chi connectivity index (χ4n) is 5.69. The van der Waals surface area contributed by atoms with Crippen LogP contribution < -0.4 is 19.7 Å². The lowest BCUT2D eigenvalue weighted by atomic mass is 9.90. The van der Waals surface area contributed by atoms with E-state index in [1.807, 2.05) is 0 Å². The molecule has 1 atom stereocenters. The third-order valence-corrected chi connectivity index (χ3v) is 8.46. The van der Waals surface area contributed by atoms with Crippen molar-refractivity contribution >= 4 is 29.0 Å². The zero-order chi connectivity index (χ0) is 31.9. The van der Waals surface area contributed by atoms with Crippen LogP contribution in [-0.2, 0) is 24.6 Å². The summed E-state index contributed by atoms with van der Waals surface area (Å²) in [6, 6.07) is 8.71. The minimum absolute atomic E-state index is 0.117. The van der Waals surface area contributed by atoms with Gasteiger partial charge in [-0.15, -0.1) is 13.2 Å². The largest absolute Gasteiger partial charge is 0.573 e. The summed E-state index contributed by atoms with van der Waals surface area (Å²) in [6.45, 7) is 5.76. The molecule has 0 bridgehead atoms. The molecule has 3 aliphatic rings. The number of carbonyl (C=O) groups excluding carboxylic acids is 1. The summed E-state index contributed by atoms with van der Waals surface area (Å²) < 4.78 is 54.4. The lowest BCUT2D eigenvalue weighted by Crippen LogP contribution is -2.48. The highest BCUT2D eigenvalue weighted by Crippen LogP contribution is 2.57. The molecule has 1 saturated heterocycles. The van der Waals surface area contributed by atoms with E-state index in [0.717, 1.165) is 18.4 Å². The molecule has 2 heterocycles. The third-order valence-electron chi connectivity index (χ3n) is 8.46. The maximum absolute atomic E-state index is 14.4. The molecule has 1 unspecified atom stereocenters. The Bertz CT molecular complexity index is 1450. The molecular formula is C31H36F3N3O7. The van der Waals surface area contributed by atoms with Crippen LogP contribution in [0.4, 0.5) is 24.5 Å². The Kier molecular flexibility index (Phi) is 8.45. The van der Waals surface area contributed by atoms with Crippen molar-refractivity contribution in [3.05, 3.63) is 47.5 Å². The molecule has 10 nitrogen and oxygen atoms in total. The number of fused-ring (bicyclic) bond motifs is 2. The fraction of sp³-hybridized carbons (Fsp3) is 0.516. The molecule has 5 rings (SSSR count). The fourth-order valence-corrected chi connectivity index (χ4v) is 5.69. The number of hydrogen-bond acceptors (Lipinski definition) is 8. The van der Waals surface area contributed by atoms with E-state index in [0.29, 0.717) is 61.0 Å². The number of ether oxygens (including phenoxy) is 3. The van der Waals surface area contributed by atoms with Crippen LogP contribution in [0.15, 0.2) is 41.6 Å². The van der Waals surface area contributed by atoms with Crippen LogP contribution in [0.2, 0.25) is 0 Å². The van der Waals surface area contributed by atoms with E-state index in [-0.39, 0.29) is 23.0 Å². The quantitative estimate of drug-likeness (QED) is 0.265. The number of anilines is 2. The molecule has 1 spiro atoms. The van der Waals surface area contributed by atoms with Gasteiger partial charge in [0.1, 0.15) is 17.5 Å². The highest BCUT2D eigenvalue weighted by Gasteiger charge is 2.54. The molecule has 0 radical (unpaired) electrons. The molecule has 2 aliphatic heterocycles. The van der Waals surface area contributed by atoms with E-state index in [1.54, 1.807) is 36.1 Å². The Labute approximate surface area is 253 Å². The first-order valence-electron chi connectivity index (χ1n) is 14.4. The van der Waals surface area contributed by atoms with Gasteiger partial charge in [0, 0.05) is 48.6 Å². The lowest BCUT2D eigenvalue weighted by molar-refractivity contribution is -0.274. The maximum Gasteiger partial charge on any atom is 0.573 e. The predicted octanol–water partition coefficient (Wildman–Crippen LogP) is 5.48. The Hall–Kier alpha value is -4.00. The number of benzene rings is 2. The second kappa shape index (κ2) is 11.8. The van der Waals surface area contributed by atoms with Gasteiger partial charge < -0.3 is 34.4 Å². The molecule has 2 aromatic rings. The van der Waals surface area contributed by atoms with Crippen LogP contribution in [0.5, 0.6) is 11.5 Å². The number of alkyl halides is 3.